The molecule has 1 atom stereocenters. The van der Waals surface area contributed by atoms with Gasteiger partial charge in [-0.3, -0.25) is 0 Å². The normalized spacial score (nSPS) is 13.3. The van der Waals surface area contributed by atoms with Crippen molar-refractivity contribution in [3.8, 4) is 0 Å². The molecule has 1 N–H and O–H groups in total. The molecule has 76 valence electrons. The summed E-state index contributed by atoms with van der Waals surface area (Å²) in [7, 11) is 0. The Morgan fingerprint density at radius 2 is 2.00 bits per heavy atom. The van der Waals surface area contributed by atoms with Crippen molar-refractivity contribution >= 4 is 0 Å². The van der Waals surface area contributed by atoms with E-state index in [1.807, 2.05) is 36.4 Å². The standard InChI is InChI=1S/C13H18O/c1-2-3-4-8-11-13(14)12-9-6-5-7-10-12/h5-11,13-14H,2-4H2,1H3/b11-8-. The van der Waals surface area contributed by atoms with Crippen molar-refractivity contribution in [3.63, 3.8) is 0 Å². The van der Waals surface area contributed by atoms with Gasteiger partial charge in [-0.25, -0.2) is 0 Å². The van der Waals surface area contributed by atoms with Crippen molar-refractivity contribution in [1.82, 2.24) is 0 Å². The highest BCUT2D eigenvalue weighted by Gasteiger charge is 1.99. The van der Waals surface area contributed by atoms with Crippen LogP contribution in [0.4, 0.5) is 0 Å². The zero-order valence-electron chi connectivity index (χ0n) is 8.69. The summed E-state index contributed by atoms with van der Waals surface area (Å²) in [6.45, 7) is 2.17. The van der Waals surface area contributed by atoms with Gasteiger partial charge < -0.3 is 5.11 Å². The Morgan fingerprint density at radius 1 is 1.29 bits per heavy atom. The Hall–Kier alpha value is -1.08. The Labute approximate surface area is 86.1 Å². The summed E-state index contributed by atoms with van der Waals surface area (Å²) in [6.07, 6.45) is 6.92. The van der Waals surface area contributed by atoms with Crippen molar-refractivity contribution in [2.24, 2.45) is 0 Å². The van der Waals surface area contributed by atoms with Crippen molar-refractivity contribution in [2.75, 3.05) is 0 Å². The molecule has 0 aliphatic heterocycles. The lowest BCUT2D eigenvalue weighted by atomic mass is 10.1. The van der Waals surface area contributed by atoms with E-state index in [1.165, 1.54) is 12.8 Å². The second-order valence-electron chi connectivity index (χ2n) is 3.43. The monoisotopic (exact) mass is 190 g/mol. The minimum atomic E-state index is -0.451. The molecule has 14 heavy (non-hydrogen) atoms. The summed E-state index contributed by atoms with van der Waals surface area (Å²) >= 11 is 0. The van der Waals surface area contributed by atoms with Crippen LogP contribution in [0.5, 0.6) is 0 Å². The average molecular weight is 190 g/mol. The fraction of sp³-hybridized carbons (Fsp3) is 0.385. The first-order valence-electron chi connectivity index (χ1n) is 5.24. The number of hydrogen-bond donors (Lipinski definition) is 1. The summed E-state index contributed by atoms with van der Waals surface area (Å²) in [4.78, 5) is 0. The van der Waals surface area contributed by atoms with E-state index in [2.05, 4.69) is 13.0 Å². The van der Waals surface area contributed by atoms with Crippen molar-refractivity contribution in [3.05, 3.63) is 48.0 Å². The number of unbranched alkanes of at least 4 members (excludes halogenated alkanes) is 2. The van der Waals surface area contributed by atoms with E-state index in [4.69, 9.17) is 0 Å². The fourth-order valence-electron chi connectivity index (χ4n) is 1.31. The van der Waals surface area contributed by atoms with Crippen LogP contribution in [0.15, 0.2) is 42.5 Å². The highest BCUT2D eigenvalue weighted by molar-refractivity contribution is 5.20. The Balaban J connectivity index is 2.42. The van der Waals surface area contributed by atoms with Crippen LogP contribution < -0.4 is 0 Å². The molecule has 0 radical (unpaired) electrons. The molecule has 0 saturated carbocycles. The average Bonchev–Trinajstić information content (AvgIpc) is 2.25. The molecule has 0 amide bonds. The van der Waals surface area contributed by atoms with Gasteiger partial charge in [0.25, 0.3) is 0 Å². The minimum absolute atomic E-state index is 0.451. The molecule has 0 aromatic heterocycles. The van der Waals surface area contributed by atoms with Gasteiger partial charge in [0.2, 0.25) is 0 Å². The van der Waals surface area contributed by atoms with Crippen LogP contribution in [0.3, 0.4) is 0 Å². The predicted octanol–water partition coefficient (Wildman–Crippen LogP) is 3.47. The molecule has 0 fully saturated rings. The summed E-state index contributed by atoms with van der Waals surface area (Å²) in [5.74, 6) is 0. The van der Waals surface area contributed by atoms with Crippen molar-refractivity contribution in [1.29, 1.82) is 0 Å². The lowest BCUT2D eigenvalue weighted by molar-refractivity contribution is 0.228. The van der Waals surface area contributed by atoms with Crippen LogP contribution in [0.1, 0.15) is 37.9 Å². The van der Waals surface area contributed by atoms with Gasteiger partial charge in [0.1, 0.15) is 0 Å². The Kier molecular flexibility index (Phi) is 5.02. The summed E-state index contributed by atoms with van der Waals surface area (Å²) in [5.41, 5.74) is 0.959. The van der Waals surface area contributed by atoms with Crippen LogP contribution in [-0.4, -0.2) is 5.11 Å². The van der Waals surface area contributed by atoms with Gasteiger partial charge >= 0.3 is 0 Å². The number of rotatable bonds is 5. The Morgan fingerprint density at radius 3 is 2.64 bits per heavy atom. The largest absolute Gasteiger partial charge is 0.384 e. The van der Waals surface area contributed by atoms with Gasteiger partial charge in [-0.15, -0.1) is 0 Å². The molecule has 0 aliphatic carbocycles. The zero-order chi connectivity index (χ0) is 10.2. The summed E-state index contributed by atoms with van der Waals surface area (Å²) in [5, 5.41) is 9.73. The number of benzene rings is 1. The first-order chi connectivity index (χ1) is 6.84. The van der Waals surface area contributed by atoms with E-state index < -0.39 is 6.10 Å². The smallest absolute Gasteiger partial charge is 0.0971 e. The molecule has 1 heteroatoms. The fourth-order valence-corrected chi connectivity index (χ4v) is 1.31. The van der Waals surface area contributed by atoms with Crippen LogP contribution in [0.25, 0.3) is 0 Å². The number of aliphatic hydroxyl groups excluding tert-OH is 1. The van der Waals surface area contributed by atoms with E-state index in [9.17, 15) is 5.11 Å². The first-order valence-corrected chi connectivity index (χ1v) is 5.24. The lowest BCUT2D eigenvalue weighted by Gasteiger charge is -2.04. The maximum atomic E-state index is 9.73. The summed E-state index contributed by atoms with van der Waals surface area (Å²) < 4.78 is 0. The van der Waals surface area contributed by atoms with Gasteiger partial charge in [-0.1, -0.05) is 62.2 Å². The SMILES string of the molecule is CCCC/C=C\C(O)c1ccccc1. The molecule has 1 nitrogen and oxygen atoms in total. The van der Waals surface area contributed by atoms with Gasteiger partial charge in [0.15, 0.2) is 0 Å². The lowest BCUT2D eigenvalue weighted by Crippen LogP contribution is -1.91. The van der Waals surface area contributed by atoms with Crippen molar-refractivity contribution < 1.29 is 5.11 Å². The quantitative estimate of drug-likeness (QED) is 0.557. The molecule has 0 aliphatic rings. The summed E-state index contributed by atoms with van der Waals surface area (Å²) in [6, 6.07) is 9.72. The van der Waals surface area contributed by atoms with Crippen LogP contribution in [-0.2, 0) is 0 Å². The molecule has 0 heterocycles. The van der Waals surface area contributed by atoms with E-state index in [1.54, 1.807) is 0 Å². The maximum Gasteiger partial charge on any atom is 0.0971 e. The Bertz CT molecular complexity index is 264. The highest BCUT2D eigenvalue weighted by Crippen LogP contribution is 2.13. The van der Waals surface area contributed by atoms with E-state index in [0.29, 0.717) is 0 Å². The van der Waals surface area contributed by atoms with Crippen molar-refractivity contribution in [2.45, 2.75) is 32.3 Å². The number of aliphatic hydroxyl groups is 1. The molecular weight excluding hydrogens is 172 g/mol. The topological polar surface area (TPSA) is 20.2 Å². The zero-order valence-corrected chi connectivity index (χ0v) is 8.69. The van der Waals surface area contributed by atoms with E-state index in [-0.39, 0.29) is 0 Å². The number of hydrogen-bond acceptors (Lipinski definition) is 1. The van der Waals surface area contributed by atoms with Crippen LogP contribution >= 0.6 is 0 Å². The third kappa shape index (κ3) is 3.75. The second-order valence-corrected chi connectivity index (χ2v) is 3.43. The third-order valence-electron chi connectivity index (χ3n) is 2.18. The molecule has 1 rings (SSSR count). The number of allylic oxidation sites excluding steroid dienone is 1. The van der Waals surface area contributed by atoms with Gasteiger partial charge in [-0.05, 0) is 12.0 Å². The molecule has 0 bridgehead atoms. The molecule has 0 spiro atoms. The second kappa shape index (κ2) is 6.39. The van der Waals surface area contributed by atoms with E-state index in [0.717, 1.165) is 12.0 Å². The molecular formula is C13H18O. The van der Waals surface area contributed by atoms with Gasteiger partial charge in [-0.2, -0.15) is 0 Å². The first kappa shape index (κ1) is 11.0. The maximum absolute atomic E-state index is 9.73. The highest BCUT2D eigenvalue weighted by atomic mass is 16.3. The predicted molar refractivity (Wildman–Crippen MR) is 60.1 cm³/mol. The minimum Gasteiger partial charge on any atom is -0.384 e. The van der Waals surface area contributed by atoms with Crippen LogP contribution in [0.2, 0.25) is 0 Å². The molecule has 1 aromatic carbocycles. The molecule has 1 unspecified atom stereocenters. The molecule has 0 saturated heterocycles. The van der Waals surface area contributed by atoms with Crippen LogP contribution in [0, 0.1) is 0 Å². The molecule has 1 aromatic rings. The van der Waals surface area contributed by atoms with E-state index >= 15 is 0 Å². The van der Waals surface area contributed by atoms with Gasteiger partial charge in [0.05, 0.1) is 6.10 Å². The third-order valence-corrected chi connectivity index (χ3v) is 2.18. The van der Waals surface area contributed by atoms with Gasteiger partial charge in [0, 0.05) is 0 Å².